The van der Waals surface area contributed by atoms with Gasteiger partial charge in [0.1, 0.15) is 34.4 Å². The largest absolute Gasteiger partial charge is 0.496 e. The lowest BCUT2D eigenvalue weighted by Gasteiger charge is -2.10. The van der Waals surface area contributed by atoms with Crippen molar-refractivity contribution in [1.29, 1.82) is 0 Å². The fourth-order valence-electron chi connectivity index (χ4n) is 4.21. The molecule has 0 spiro atoms. The number of ether oxygens (including phenoxy) is 2. The van der Waals surface area contributed by atoms with Crippen LogP contribution < -0.4 is 9.47 Å². The number of aryl methyl sites for hydroxylation is 1. The van der Waals surface area contributed by atoms with E-state index in [-0.39, 0.29) is 12.5 Å². The van der Waals surface area contributed by atoms with Crippen LogP contribution in [0.5, 0.6) is 11.5 Å². The third-order valence-corrected chi connectivity index (χ3v) is 7.17. The summed E-state index contributed by atoms with van der Waals surface area (Å²) < 4.78 is 19.6. The second kappa shape index (κ2) is 11.8. The number of benzene rings is 2. The molecule has 0 aliphatic heterocycles. The van der Waals surface area contributed by atoms with Crippen molar-refractivity contribution >= 4 is 33.9 Å². The minimum absolute atomic E-state index is 0.0327. The summed E-state index contributed by atoms with van der Waals surface area (Å²) in [6.45, 7) is 6.21. The summed E-state index contributed by atoms with van der Waals surface area (Å²) in [6, 6.07) is 16.9. The van der Waals surface area contributed by atoms with E-state index in [4.69, 9.17) is 18.9 Å². The van der Waals surface area contributed by atoms with Gasteiger partial charge in [-0.3, -0.25) is 4.79 Å². The third kappa shape index (κ3) is 5.78. The van der Waals surface area contributed by atoms with Crippen molar-refractivity contribution in [2.75, 3.05) is 21.2 Å². The molecule has 4 aromatic heterocycles. The normalized spacial score (nSPS) is 10.9. The Morgan fingerprint density at radius 2 is 1.83 bits per heavy atom. The molecule has 1 amide bonds. The zero-order chi connectivity index (χ0) is 29.1. The molecule has 0 saturated carbocycles. The number of methoxy groups -OCH3 is 1. The SMILES string of the molecule is CC.COc1cc(OCc2csc(-c3ccc(C(=O)N(C)C)cc3)n2)c2cc(-c3cn4nc(C)ccc4n3)oc2c1. The Balaban J connectivity index is 0.00000165. The minimum atomic E-state index is -0.0327. The number of amides is 1. The van der Waals surface area contributed by atoms with Crippen LogP contribution in [0, 0.1) is 6.92 Å². The van der Waals surface area contributed by atoms with Gasteiger partial charge in [0.05, 0.1) is 30.1 Å². The van der Waals surface area contributed by atoms with Crippen LogP contribution in [0.15, 0.2) is 70.6 Å². The van der Waals surface area contributed by atoms with Crippen LogP contribution in [-0.4, -0.2) is 51.6 Å². The second-order valence-corrected chi connectivity index (χ2v) is 10.1. The topological polar surface area (TPSA) is 95.0 Å². The van der Waals surface area contributed by atoms with Crippen LogP contribution in [-0.2, 0) is 6.61 Å². The number of rotatable bonds is 7. The summed E-state index contributed by atoms with van der Waals surface area (Å²) >= 11 is 1.53. The number of fused-ring (bicyclic) bond motifs is 2. The van der Waals surface area contributed by atoms with Gasteiger partial charge in [0, 0.05) is 42.7 Å². The van der Waals surface area contributed by atoms with E-state index in [0.717, 1.165) is 33.0 Å². The molecule has 0 aliphatic carbocycles. The van der Waals surface area contributed by atoms with Crippen molar-refractivity contribution in [2.45, 2.75) is 27.4 Å². The molecule has 41 heavy (non-hydrogen) atoms. The van der Waals surface area contributed by atoms with Crippen LogP contribution in [0.2, 0.25) is 0 Å². The molecule has 6 rings (SSSR count). The fourth-order valence-corrected chi connectivity index (χ4v) is 5.02. The van der Waals surface area contributed by atoms with E-state index < -0.39 is 0 Å². The van der Waals surface area contributed by atoms with Crippen molar-refractivity contribution in [3.05, 3.63) is 83.1 Å². The molecule has 9 nitrogen and oxygen atoms in total. The molecule has 6 aromatic rings. The Morgan fingerprint density at radius 1 is 1.05 bits per heavy atom. The van der Waals surface area contributed by atoms with Crippen molar-refractivity contribution in [1.82, 2.24) is 24.5 Å². The van der Waals surface area contributed by atoms with E-state index in [9.17, 15) is 4.79 Å². The Morgan fingerprint density at radius 3 is 2.56 bits per heavy atom. The van der Waals surface area contributed by atoms with E-state index in [1.54, 1.807) is 30.6 Å². The Hall–Kier alpha value is -4.70. The predicted molar refractivity (Wildman–Crippen MR) is 161 cm³/mol. The highest BCUT2D eigenvalue weighted by atomic mass is 32.1. The average Bonchev–Trinajstić information content (AvgIpc) is 3.74. The zero-order valence-corrected chi connectivity index (χ0v) is 24.7. The van der Waals surface area contributed by atoms with Crippen LogP contribution in [0.25, 0.3) is 38.6 Å². The van der Waals surface area contributed by atoms with E-state index in [1.807, 2.05) is 86.9 Å². The smallest absolute Gasteiger partial charge is 0.253 e. The summed E-state index contributed by atoms with van der Waals surface area (Å²) in [5.74, 6) is 1.82. The van der Waals surface area contributed by atoms with Crippen molar-refractivity contribution in [3.8, 4) is 33.5 Å². The van der Waals surface area contributed by atoms with E-state index >= 15 is 0 Å². The van der Waals surface area contributed by atoms with Gasteiger partial charge in [-0.1, -0.05) is 26.0 Å². The standard InChI is InChI=1S/C29H25N5O4S.C2H6/c1-17-5-10-27-31-23(14-34(27)32-17)26-13-22-24(11-21(36-4)12-25(22)38-26)37-15-20-16-39-28(30-20)18-6-8-19(9-7-18)29(35)33(2)3;1-2/h5-14,16H,15H2,1-4H3;1-2H3. The maximum Gasteiger partial charge on any atom is 0.253 e. The number of carbonyl (C=O) groups excluding carboxylic acids is 1. The van der Waals surface area contributed by atoms with Crippen molar-refractivity contribution < 1.29 is 18.7 Å². The quantitative estimate of drug-likeness (QED) is 0.207. The number of furan rings is 1. The molecule has 0 fully saturated rings. The van der Waals surface area contributed by atoms with Crippen molar-refractivity contribution in [2.24, 2.45) is 0 Å². The molecule has 4 heterocycles. The molecule has 0 bridgehead atoms. The van der Waals surface area contributed by atoms with E-state index in [1.165, 1.54) is 11.3 Å². The number of nitrogens with zero attached hydrogens (tertiary/aromatic N) is 5. The number of carbonyl (C=O) groups is 1. The molecule has 2 aromatic carbocycles. The molecule has 0 saturated heterocycles. The number of hydrogen-bond donors (Lipinski definition) is 0. The summed E-state index contributed by atoms with van der Waals surface area (Å²) in [6.07, 6.45) is 1.84. The van der Waals surface area contributed by atoms with Gasteiger partial charge in [0.25, 0.3) is 5.91 Å². The van der Waals surface area contributed by atoms with Crippen molar-refractivity contribution in [3.63, 3.8) is 0 Å². The van der Waals surface area contributed by atoms with Gasteiger partial charge in [-0.25, -0.2) is 14.5 Å². The van der Waals surface area contributed by atoms with Gasteiger partial charge in [0.2, 0.25) is 0 Å². The summed E-state index contributed by atoms with van der Waals surface area (Å²) in [5, 5.41) is 8.11. The maximum absolute atomic E-state index is 12.2. The highest BCUT2D eigenvalue weighted by Gasteiger charge is 2.17. The molecule has 0 aliphatic rings. The van der Waals surface area contributed by atoms with E-state index in [0.29, 0.717) is 34.1 Å². The second-order valence-electron chi connectivity index (χ2n) is 9.26. The molecule has 10 heteroatoms. The molecule has 0 radical (unpaired) electrons. The highest BCUT2D eigenvalue weighted by Crippen LogP contribution is 2.37. The van der Waals surface area contributed by atoms with Gasteiger partial charge >= 0.3 is 0 Å². The number of thiazole rings is 1. The van der Waals surface area contributed by atoms with Crippen LogP contribution in [0.4, 0.5) is 0 Å². The first kappa shape index (κ1) is 27.9. The monoisotopic (exact) mass is 569 g/mol. The Bertz CT molecular complexity index is 1820. The van der Waals surface area contributed by atoms with E-state index in [2.05, 4.69) is 10.1 Å². The number of hydrogen-bond acceptors (Lipinski definition) is 8. The highest BCUT2D eigenvalue weighted by molar-refractivity contribution is 7.13. The fraction of sp³-hybridized carbons (Fsp3) is 0.226. The minimum Gasteiger partial charge on any atom is -0.496 e. The summed E-state index contributed by atoms with van der Waals surface area (Å²) in [7, 11) is 5.08. The Labute approximate surface area is 242 Å². The van der Waals surface area contributed by atoms with Crippen LogP contribution in [0.3, 0.4) is 0 Å². The van der Waals surface area contributed by atoms with Gasteiger partial charge in [-0.15, -0.1) is 11.3 Å². The van der Waals surface area contributed by atoms with Gasteiger partial charge in [0.15, 0.2) is 11.4 Å². The number of aromatic nitrogens is 4. The first-order chi connectivity index (χ1) is 19.9. The lowest BCUT2D eigenvalue weighted by Crippen LogP contribution is -2.21. The summed E-state index contributed by atoms with van der Waals surface area (Å²) in [4.78, 5) is 23.1. The maximum atomic E-state index is 12.2. The average molecular weight is 570 g/mol. The molecule has 0 N–H and O–H groups in total. The lowest BCUT2D eigenvalue weighted by atomic mass is 10.1. The molecule has 0 atom stereocenters. The molecule has 0 unspecified atom stereocenters. The number of imidazole rings is 1. The molecular formula is C31H31N5O4S. The third-order valence-electron chi connectivity index (χ3n) is 6.23. The van der Waals surface area contributed by atoms with Crippen LogP contribution >= 0.6 is 11.3 Å². The first-order valence-corrected chi connectivity index (χ1v) is 14.1. The zero-order valence-electron chi connectivity index (χ0n) is 23.8. The lowest BCUT2D eigenvalue weighted by molar-refractivity contribution is 0.0827. The molecule has 210 valence electrons. The van der Waals surface area contributed by atoms with Gasteiger partial charge in [-0.2, -0.15) is 5.10 Å². The first-order valence-electron chi connectivity index (χ1n) is 13.2. The van der Waals surface area contributed by atoms with Gasteiger partial charge in [-0.05, 0) is 37.3 Å². The predicted octanol–water partition coefficient (Wildman–Crippen LogP) is 6.89. The van der Waals surface area contributed by atoms with Gasteiger partial charge < -0.3 is 18.8 Å². The Kier molecular flexibility index (Phi) is 8.02. The molecular weight excluding hydrogens is 538 g/mol. The summed E-state index contributed by atoms with van der Waals surface area (Å²) in [5.41, 5.74) is 5.33. The van der Waals surface area contributed by atoms with Crippen LogP contribution in [0.1, 0.15) is 35.6 Å².